The molecule has 3 rings (SSSR count). The fraction of sp³-hybridized carbons (Fsp3) is 0.444. The van der Waals surface area contributed by atoms with Crippen LogP contribution in [0.3, 0.4) is 0 Å². The standard InChI is InChI=1S/C27H34ClN3O3/c1-7-27(19-8-10-21(28)11-9-19)24(33)31(25(34)30-27)16-23(32)29-13-12-22-17(2)14-20(15-18(22)3)26(4,5)6/h8-11,14-15H,7,12-13,16H2,1-6H3,(H,29,32)(H,30,34). The van der Waals surface area contributed by atoms with Gasteiger partial charge in [-0.3, -0.25) is 14.5 Å². The van der Waals surface area contributed by atoms with Crippen molar-refractivity contribution >= 4 is 29.4 Å². The topological polar surface area (TPSA) is 78.5 Å². The molecule has 0 bridgehead atoms. The van der Waals surface area contributed by atoms with E-state index in [-0.39, 0.29) is 17.9 Å². The average molecular weight is 484 g/mol. The summed E-state index contributed by atoms with van der Waals surface area (Å²) in [5.74, 6) is -0.796. The zero-order valence-corrected chi connectivity index (χ0v) is 21.6. The molecule has 0 radical (unpaired) electrons. The number of aryl methyl sites for hydroxylation is 2. The Morgan fingerprint density at radius 1 is 1.09 bits per heavy atom. The first-order valence-corrected chi connectivity index (χ1v) is 12.0. The molecule has 1 unspecified atom stereocenters. The molecule has 0 saturated carbocycles. The number of rotatable bonds is 7. The van der Waals surface area contributed by atoms with Crippen molar-refractivity contribution in [2.24, 2.45) is 0 Å². The number of amides is 4. The van der Waals surface area contributed by atoms with Gasteiger partial charge in [-0.2, -0.15) is 0 Å². The first-order chi connectivity index (χ1) is 15.9. The van der Waals surface area contributed by atoms with Crippen LogP contribution in [0.5, 0.6) is 0 Å². The summed E-state index contributed by atoms with van der Waals surface area (Å²) in [5, 5.41) is 6.19. The first-order valence-electron chi connectivity index (χ1n) is 11.7. The summed E-state index contributed by atoms with van der Waals surface area (Å²) >= 11 is 5.97. The molecule has 0 aromatic heterocycles. The second-order valence-corrected chi connectivity index (χ2v) is 10.5. The molecule has 1 saturated heterocycles. The van der Waals surface area contributed by atoms with Crippen molar-refractivity contribution < 1.29 is 14.4 Å². The third-order valence-corrected chi connectivity index (χ3v) is 6.86. The van der Waals surface area contributed by atoms with Gasteiger partial charge in [0.05, 0.1) is 0 Å². The number of carbonyl (C=O) groups excluding carboxylic acids is 3. The highest BCUT2D eigenvalue weighted by Gasteiger charge is 2.51. The number of nitrogens with one attached hydrogen (secondary N) is 2. The van der Waals surface area contributed by atoms with Crippen molar-refractivity contribution in [1.82, 2.24) is 15.5 Å². The number of imide groups is 1. The molecule has 1 fully saturated rings. The SMILES string of the molecule is CCC1(c2ccc(Cl)cc2)NC(=O)N(CC(=O)NCCc2c(C)cc(C(C)(C)C)cc2C)C1=O. The zero-order valence-electron chi connectivity index (χ0n) is 20.8. The molecule has 0 spiro atoms. The molecule has 2 aromatic carbocycles. The van der Waals surface area contributed by atoms with E-state index in [2.05, 4.69) is 57.4 Å². The highest BCUT2D eigenvalue weighted by molar-refractivity contribution is 6.30. The minimum Gasteiger partial charge on any atom is -0.354 e. The van der Waals surface area contributed by atoms with Gasteiger partial charge in [0.1, 0.15) is 12.1 Å². The van der Waals surface area contributed by atoms with Gasteiger partial charge in [0.2, 0.25) is 5.91 Å². The Balaban J connectivity index is 1.64. The van der Waals surface area contributed by atoms with Crippen LogP contribution < -0.4 is 10.6 Å². The lowest BCUT2D eigenvalue weighted by Gasteiger charge is -2.25. The molecule has 1 aliphatic heterocycles. The van der Waals surface area contributed by atoms with Crippen LogP contribution in [-0.2, 0) is 27.0 Å². The van der Waals surface area contributed by atoms with Crippen LogP contribution in [0.2, 0.25) is 5.02 Å². The number of urea groups is 1. The van der Waals surface area contributed by atoms with E-state index < -0.39 is 17.5 Å². The summed E-state index contributed by atoms with van der Waals surface area (Å²) in [6.07, 6.45) is 1.04. The third-order valence-electron chi connectivity index (χ3n) is 6.60. The van der Waals surface area contributed by atoms with Crippen LogP contribution in [-0.4, -0.2) is 35.8 Å². The van der Waals surface area contributed by atoms with Crippen LogP contribution in [0.15, 0.2) is 36.4 Å². The minimum absolute atomic E-state index is 0.0742. The van der Waals surface area contributed by atoms with Crippen molar-refractivity contribution in [3.63, 3.8) is 0 Å². The van der Waals surface area contributed by atoms with Gasteiger partial charge in [-0.15, -0.1) is 0 Å². The molecule has 182 valence electrons. The van der Waals surface area contributed by atoms with Crippen molar-refractivity contribution in [3.8, 4) is 0 Å². The van der Waals surface area contributed by atoms with E-state index in [4.69, 9.17) is 11.6 Å². The minimum atomic E-state index is -1.19. The van der Waals surface area contributed by atoms with Gasteiger partial charge < -0.3 is 10.6 Å². The fourth-order valence-electron chi connectivity index (χ4n) is 4.49. The van der Waals surface area contributed by atoms with Gasteiger partial charge in [-0.25, -0.2) is 4.79 Å². The van der Waals surface area contributed by atoms with E-state index in [0.717, 1.165) is 4.90 Å². The normalized spacial score (nSPS) is 18.3. The largest absolute Gasteiger partial charge is 0.354 e. The summed E-state index contributed by atoms with van der Waals surface area (Å²) in [6, 6.07) is 10.7. The van der Waals surface area contributed by atoms with Gasteiger partial charge in [-0.1, -0.05) is 63.6 Å². The van der Waals surface area contributed by atoms with Gasteiger partial charge in [0.15, 0.2) is 0 Å². The van der Waals surface area contributed by atoms with E-state index in [9.17, 15) is 14.4 Å². The third kappa shape index (κ3) is 5.12. The lowest BCUT2D eigenvalue weighted by molar-refractivity contribution is -0.135. The van der Waals surface area contributed by atoms with Crippen LogP contribution in [0, 0.1) is 13.8 Å². The van der Waals surface area contributed by atoms with E-state index >= 15 is 0 Å². The quantitative estimate of drug-likeness (QED) is 0.557. The predicted molar refractivity (Wildman–Crippen MR) is 135 cm³/mol. The summed E-state index contributed by atoms with van der Waals surface area (Å²) in [6.45, 7) is 12.7. The van der Waals surface area contributed by atoms with Crippen LogP contribution >= 0.6 is 11.6 Å². The molecular formula is C27H34ClN3O3. The Morgan fingerprint density at radius 3 is 2.21 bits per heavy atom. The molecule has 34 heavy (non-hydrogen) atoms. The van der Waals surface area contributed by atoms with Crippen molar-refractivity contribution in [3.05, 3.63) is 69.2 Å². The molecule has 0 aliphatic carbocycles. The van der Waals surface area contributed by atoms with E-state index in [1.54, 1.807) is 24.3 Å². The molecule has 6 nitrogen and oxygen atoms in total. The summed E-state index contributed by atoms with van der Waals surface area (Å²) in [4.78, 5) is 39.4. The first kappa shape index (κ1) is 25.8. The van der Waals surface area contributed by atoms with Crippen LogP contribution in [0.4, 0.5) is 4.79 Å². The van der Waals surface area contributed by atoms with Crippen molar-refractivity contribution in [1.29, 1.82) is 0 Å². The Morgan fingerprint density at radius 2 is 1.68 bits per heavy atom. The van der Waals surface area contributed by atoms with Gasteiger partial charge in [0, 0.05) is 11.6 Å². The van der Waals surface area contributed by atoms with Crippen LogP contribution in [0.25, 0.3) is 0 Å². The highest BCUT2D eigenvalue weighted by atomic mass is 35.5. The second-order valence-electron chi connectivity index (χ2n) is 10.0. The Kier molecular flexibility index (Phi) is 7.41. The zero-order chi connectivity index (χ0) is 25.3. The van der Waals surface area contributed by atoms with E-state index in [1.807, 2.05) is 6.92 Å². The Hall–Kier alpha value is -2.86. The number of benzene rings is 2. The van der Waals surface area contributed by atoms with Crippen LogP contribution in [0.1, 0.15) is 61.9 Å². The summed E-state index contributed by atoms with van der Waals surface area (Å²) < 4.78 is 0. The maximum Gasteiger partial charge on any atom is 0.325 e. The maximum absolute atomic E-state index is 13.2. The van der Waals surface area contributed by atoms with E-state index in [0.29, 0.717) is 30.0 Å². The molecule has 1 aliphatic rings. The Labute approximate surface area is 207 Å². The number of carbonyl (C=O) groups is 3. The maximum atomic E-state index is 13.2. The summed E-state index contributed by atoms with van der Waals surface area (Å²) in [7, 11) is 0. The number of nitrogens with zero attached hydrogens (tertiary/aromatic N) is 1. The van der Waals surface area contributed by atoms with E-state index in [1.165, 1.54) is 22.3 Å². The Bertz CT molecular complexity index is 1080. The molecule has 1 atom stereocenters. The lowest BCUT2D eigenvalue weighted by Crippen LogP contribution is -2.45. The monoisotopic (exact) mass is 483 g/mol. The molecular weight excluding hydrogens is 450 g/mol. The van der Waals surface area contributed by atoms with Gasteiger partial charge >= 0.3 is 6.03 Å². The number of hydrogen-bond acceptors (Lipinski definition) is 3. The molecule has 7 heteroatoms. The van der Waals surface area contributed by atoms with Gasteiger partial charge in [0.25, 0.3) is 5.91 Å². The predicted octanol–water partition coefficient (Wildman–Crippen LogP) is 4.77. The van der Waals surface area contributed by atoms with Gasteiger partial charge in [-0.05, 0) is 72.1 Å². The van der Waals surface area contributed by atoms with Crippen molar-refractivity contribution in [2.75, 3.05) is 13.1 Å². The van der Waals surface area contributed by atoms with Crippen molar-refractivity contribution in [2.45, 2.75) is 65.3 Å². The molecule has 4 amide bonds. The average Bonchev–Trinajstić information content (AvgIpc) is 3.00. The fourth-order valence-corrected chi connectivity index (χ4v) is 4.62. The molecule has 2 aromatic rings. The smallest absolute Gasteiger partial charge is 0.325 e. The molecule has 2 N–H and O–H groups in total. The highest BCUT2D eigenvalue weighted by Crippen LogP contribution is 2.33. The lowest BCUT2D eigenvalue weighted by atomic mass is 9.83. The number of hydrogen-bond donors (Lipinski definition) is 2. The number of halogens is 1. The summed E-state index contributed by atoms with van der Waals surface area (Å²) in [5.41, 5.74) is 4.42. The molecule has 1 heterocycles. The second kappa shape index (κ2) is 9.79.